The maximum atomic E-state index is 12.6. The van der Waals surface area contributed by atoms with Gasteiger partial charge in [0.2, 0.25) is 0 Å². The Labute approximate surface area is 119 Å². The van der Waals surface area contributed by atoms with Crippen molar-refractivity contribution in [1.82, 2.24) is 4.90 Å². The lowest BCUT2D eigenvalue weighted by molar-refractivity contribution is -0.141. The standard InChI is InChI=1S/C13H15NO3S2/c1-7-4-5-18-10(7)11(15)14-9(13(16)17)6-19-12(14)8-2-3-8/h4-5,8-9,12H,2-3,6H2,1H3,(H,16,17). The molecule has 2 unspecified atom stereocenters. The van der Waals surface area contributed by atoms with Crippen molar-refractivity contribution in [1.29, 1.82) is 0 Å². The van der Waals surface area contributed by atoms with Crippen LogP contribution in [0, 0.1) is 12.8 Å². The number of thioether (sulfide) groups is 1. The van der Waals surface area contributed by atoms with Crippen LogP contribution in [0.15, 0.2) is 11.4 Å². The summed E-state index contributed by atoms with van der Waals surface area (Å²) >= 11 is 3.02. The molecule has 2 atom stereocenters. The minimum atomic E-state index is -0.891. The first-order valence-corrected chi connectivity index (χ1v) is 8.23. The average molecular weight is 297 g/mol. The molecule has 1 aromatic heterocycles. The molecule has 0 spiro atoms. The largest absolute Gasteiger partial charge is 0.480 e. The number of carbonyl (C=O) groups excluding carboxylic acids is 1. The van der Waals surface area contributed by atoms with E-state index in [1.54, 1.807) is 16.7 Å². The van der Waals surface area contributed by atoms with Gasteiger partial charge in [0.25, 0.3) is 5.91 Å². The molecule has 2 aliphatic rings. The molecule has 1 saturated carbocycles. The summed E-state index contributed by atoms with van der Waals surface area (Å²) < 4.78 is 0. The Hall–Kier alpha value is -1.01. The molecule has 1 aromatic rings. The number of nitrogens with zero attached hydrogens (tertiary/aromatic N) is 1. The minimum absolute atomic E-state index is 0.0510. The number of hydrogen-bond donors (Lipinski definition) is 1. The third-order valence-corrected chi connectivity index (χ3v) is 6.10. The van der Waals surface area contributed by atoms with Crippen molar-refractivity contribution in [2.24, 2.45) is 5.92 Å². The van der Waals surface area contributed by atoms with Gasteiger partial charge in [0, 0.05) is 5.75 Å². The molecule has 19 heavy (non-hydrogen) atoms. The summed E-state index contributed by atoms with van der Waals surface area (Å²) in [6, 6.07) is 1.23. The van der Waals surface area contributed by atoms with Crippen LogP contribution in [0.5, 0.6) is 0 Å². The summed E-state index contributed by atoms with van der Waals surface area (Å²) in [4.78, 5) is 26.3. The Morgan fingerprint density at radius 1 is 1.42 bits per heavy atom. The van der Waals surface area contributed by atoms with Gasteiger partial charge >= 0.3 is 5.97 Å². The fraction of sp³-hybridized carbons (Fsp3) is 0.538. The monoisotopic (exact) mass is 297 g/mol. The Bertz CT molecular complexity index is 524. The number of aryl methyl sites for hydroxylation is 1. The number of thiophene rings is 1. The first-order valence-electron chi connectivity index (χ1n) is 6.30. The fourth-order valence-electron chi connectivity index (χ4n) is 2.43. The van der Waals surface area contributed by atoms with Gasteiger partial charge in [-0.05, 0) is 42.7 Å². The molecule has 1 N–H and O–H groups in total. The van der Waals surface area contributed by atoms with Crippen LogP contribution in [-0.4, -0.2) is 39.1 Å². The van der Waals surface area contributed by atoms with E-state index in [-0.39, 0.29) is 11.3 Å². The second-order valence-electron chi connectivity index (χ2n) is 5.06. The van der Waals surface area contributed by atoms with Crippen molar-refractivity contribution in [2.75, 3.05) is 5.75 Å². The van der Waals surface area contributed by atoms with Crippen LogP contribution < -0.4 is 0 Å². The lowest BCUT2D eigenvalue weighted by Gasteiger charge is -2.27. The van der Waals surface area contributed by atoms with Crippen LogP contribution in [-0.2, 0) is 4.79 Å². The molecule has 1 saturated heterocycles. The zero-order chi connectivity index (χ0) is 13.6. The summed E-state index contributed by atoms with van der Waals surface area (Å²) in [7, 11) is 0. The van der Waals surface area contributed by atoms with Crippen LogP contribution in [0.25, 0.3) is 0 Å². The number of carboxylic acids is 1. The van der Waals surface area contributed by atoms with Crippen LogP contribution in [0.1, 0.15) is 28.1 Å². The van der Waals surface area contributed by atoms with Crippen molar-refractivity contribution >= 4 is 35.0 Å². The highest BCUT2D eigenvalue weighted by molar-refractivity contribution is 8.00. The van der Waals surface area contributed by atoms with E-state index in [1.807, 2.05) is 18.4 Å². The van der Waals surface area contributed by atoms with E-state index in [4.69, 9.17) is 0 Å². The Kier molecular flexibility index (Phi) is 3.30. The molecule has 3 rings (SSSR count). The van der Waals surface area contributed by atoms with Gasteiger partial charge in [-0.3, -0.25) is 4.79 Å². The highest BCUT2D eigenvalue weighted by Crippen LogP contribution is 2.46. The van der Waals surface area contributed by atoms with Crippen LogP contribution in [0.2, 0.25) is 0 Å². The van der Waals surface area contributed by atoms with Gasteiger partial charge in [0.15, 0.2) is 0 Å². The molecule has 6 heteroatoms. The van der Waals surface area contributed by atoms with Gasteiger partial charge in [-0.15, -0.1) is 23.1 Å². The smallest absolute Gasteiger partial charge is 0.327 e. The minimum Gasteiger partial charge on any atom is -0.480 e. The number of rotatable bonds is 3. The van der Waals surface area contributed by atoms with E-state index in [2.05, 4.69) is 0 Å². The molecule has 0 aromatic carbocycles. The molecule has 1 aliphatic carbocycles. The van der Waals surface area contributed by atoms with Gasteiger partial charge in [-0.25, -0.2) is 4.79 Å². The Morgan fingerprint density at radius 3 is 2.68 bits per heavy atom. The second-order valence-corrected chi connectivity index (χ2v) is 7.13. The maximum absolute atomic E-state index is 12.6. The number of amides is 1. The number of hydrogen-bond acceptors (Lipinski definition) is 4. The van der Waals surface area contributed by atoms with E-state index in [0.29, 0.717) is 16.5 Å². The molecule has 1 aliphatic heterocycles. The lowest BCUT2D eigenvalue weighted by Crippen LogP contribution is -2.46. The Balaban J connectivity index is 1.91. The summed E-state index contributed by atoms with van der Waals surface area (Å²) in [5, 5.41) is 11.2. The van der Waals surface area contributed by atoms with E-state index >= 15 is 0 Å². The first kappa shape index (κ1) is 13.0. The zero-order valence-corrected chi connectivity index (χ0v) is 12.2. The predicted octanol–water partition coefficient (Wildman–Crippen LogP) is 2.43. The van der Waals surface area contributed by atoms with Crippen molar-refractivity contribution in [2.45, 2.75) is 31.2 Å². The molecule has 102 valence electrons. The summed E-state index contributed by atoms with van der Waals surface area (Å²) in [5.74, 6) is -0.00860. The normalized spacial score (nSPS) is 26.7. The molecule has 1 amide bonds. The number of carboxylic acid groups (broad SMARTS) is 1. The molecule has 0 radical (unpaired) electrons. The molecule has 4 nitrogen and oxygen atoms in total. The third kappa shape index (κ3) is 2.27. The zero-order valence-electron chi connectivity index (χ0n) is 10.5. The fourth-order valence-corrected chi connectivity index (χ4v) is 4.93. The average Bonchev–Trinajstić information content (AvgIpc) is 2.97. The molecule has 2 fully saturated rings. The molecule has 0 bridgehead atoms. The lowest BCUT2D eigenvalue weighted by atomic mass is 10.2. The first-order chi connectivity index (χ1) is 9.09. The quantitative estimate of drug-likeness (QED) is 0.931. The van der Waals surface area contributed by atoms with E-state index in [1.165, 1.54) is 11.3 Å². The van der Waals surface area contributed by atoms with Crippen LogP contribution in [0.4, 0.5) is 0 Å². The number of carbonyl (C=O) groups is 2. The maximum Gasteiger partial charge on any atom is 0.327 e. The van der Waals surface area contributed by atoms with Crippen molar-refractivity contribution in [3.8, 4) is 0 Å². The second kappa shape index (κ2) is 4.83. The number of aliphatic carboxylic acids is 1. The van der Waals surface area contributed by atoms with Gasteiger partial charge < -0.3 is 10.0 Å². The van der Waals surface area contributed by atoms with Gasteiger partial charge in [0.05, 0.1) is 10.3 Å². The molecule has 2 heterocycles. The summed E-state index contributed by atoms with van der Waals surface area (Å²) in [6.45, 7) is 1.90. The summed E-state index contributed by atoms with van der Waals surface area (Å²) in [5.41, 5.74) is 0.936. The van der Waals surface area contributed by atoms with Gasteiger partial charge in [-0.2, -0.15) is 0 Å². The highest BCUT2D eigenvalue weighted by Gasteiger charge is 2.48. The highest BCUT2D eigenvalue weighted by atomic mass is 32.2. The van der Waals surface area contributed by atoms with Crippen LogP contribution in [0.3, 0.4) is 0 Å². The van der Waals surface area contributed by atoms with Crippen molar-refractivity contribution < 1.29 is 14.7 Å². The van der Waals surface area contributed by atoms with E-state index in [9.17, 15) is 14.7 Å². The van der Waals surface area contributed by atoms with E-state index in [0.717, 1.165) is 18.4 Å². The predicted molar refractivity (Wildman–Crippen MR) is 75.6 cm³/mol. The summed E-state index contributed by atoms with van der Waals surface area (Å²) in [6.07, 6.45) is 2.22. The molecular formula is C13H15NO3S2. The van der Waals surface area contributed by atoms with Crippen molar-refractivity contribution in [3.05, 3.63) is 21.9 Å². The third-order valence-electron chi connectivity index (χ3n) is 3.64. The van der Waals surface area contributed by atoms with Crippen LogP contribution >= 0.6 is 23.1 Å². The van der Waals surface area contributed by atoms with Gasteiger partial charge in [-0.1, -0.05) is 0 Å². The van der Waals surface area contributed by atoms with Gasteiger partial charge in [0.1, 0.15) is 6.04 Å². The SMILES string of the molecule is Cc1ccsc1C(=O)N1C(C(=O)O)CSC1C1CC1. The van der Waals surface area contributed by atoms with E-state index < -0.39 is 12.0 Å². The topological polar surface area (TPSA) is 57.6 Å². The molecular weight excluding hydrogens is 282 g/mol. The van der Waals surface area contributed by atoms with Crippen molar-refractivity contribution in [3.63, 3.8) is 0 Å². The Morgan fingerprint density at radius 2 is 2.16 bits per heavy atom.